The Morgan fingerprint density at radius 2 is 2.14 bits per heavy atom. The van der Waals surface area contributed by atoms with E-state index in [-0.39, 0.29) is 12.1 Å². The number of hydrogen-bond acceptors (Lipinski definition) is 3. The molecule has 2 saturated heterocycles. The van der Waals surface area contributed by atoms with Gasteiger partial charge in [0, 0.05) is 41.3 Å². The summed E-state index contributed by atoms with van der Waals surface area (Å²) in [7, 11) is 0. The molecule has 1 N–H and O–H groups in total. The highest BCUT2D eigenvalue weighted by Crippen LogP contribution is 2.21. The van der Waals surface area contributed by atoms with E-state index in [1.54, 1.807) is 0 Å². The highest BCUT2D eigenvalue weighted by atomic mass is 32.1. The van der Waals surface area contributed by atoms with Crippen LogP contribution in [0.1, 0.15) is 35.9 Å². The van der Waals surface area contributed by atoms with E-state index in [1.165, 1.54) is 35.7 Å². The number of likely N-dealkylation sites (tertiary alicyclic amines) is 2. The van der Waals surface area contributed by atoms with Gasteiger partial charge in [-0.3, -0.25) is 4.90 Å². The molecular formula is C17H27N3OS. The molecule has 2 atom stereocenters. The molecule has 0 saturated carbocycles. The topological polar surface area (TPSA) is 35.6 Å². The van der Waals surface area contributed by atoms with Gasteiger partial charge in [-0.05, 0) is 58.3 Å². The van der Waals surface area contributed by atoms with Gasteiger partial charge >= 0.3 is 6.03 Å². The molecule has 1 aromatic rings. The van der Waals surface area contributed by atoms with Crippen LogP contribution in [-0.4, -0.2) is 54.1 Å². The van der Waals surface area contributed by atoms with Crippen molar-refractivity contribution in [1.29, 1.82) is 0 Å². The van der Waals surface area contributed by atoms with Crippen molar-refractivity contribution in [1.82, 2.24) is 15.1 Å². The van der Waals surface area contributed by atoms with Gasteiger partial charge < -0.3 is 10.2 Å². The van der Waals surface area contributed by atoms with Crippen molar-refractivity contribution < 1.29 is 4.79 Å². The summed E-state index contributed by atoms with van der Waals surface area (Å²) in [5.74, 6) is 0. The van der Waals surface area contributed by atoms with Crippen LogP contribution < -0.4 is 5.32 Å². The summed E-state index contributed by atoms with van der Waals surface area (Å²) in [4.78, 5) is 19.7. The smallest absolute Gasteiger partial charge is 0.317 e. The Hall–Kier alpha value is -1.07. The minimum atomic E-state index is 0.113. The molecule has 2 aliphatic rings. The average molecular weight is 321 g/mol. The van der Waals surface area contributed by atoms with Gasteiger partial charge in [-0.2, -0.15) is 0 Å². The lowest BCUT2D eigenvalue weighted by atomic mass is 10.2. The zero-order valence-electron chi connectivity index (χ0n) is 13.7. The molecular weight excluding hydrogens is 294 g/mol. The number of aryl methyl sites for hydroxylation is 1. The molecule has 2 aliphatic heterocycles. The lowest BCUT2D eigenvalue weighted by molar-refractivity contribution is 0.195. The molecule has 3 heterocycles. The van der Waals surface area contributed by atoms with Gasteiger partial charge in [0.1, 0.15) is 0 Å². The maximum Gasteiger partial charge on any atom is 0.317 e. The number of carbonyl (C=O) groups excluding carboxylic acids is 1. The zero-order valence-corrected chi connectivity index (χ0v) is 14.5. The summed E-state index contributed by atoms with van der Waals surface area (Å²) in [6.45, 7) is 8.46. The van der Waals surface area contributed by atoms with E-state index in [4.69, 9.17) is 0 Å². The first-order valence-electron chi connectivity index (χ1n) is 8.46. The second kappa shape index (κ2) is 7.01. The van der Waals surface area contributed by atoms with Gasteiger partial charge in [0.15, 0.2) is 0 Å². The van der Waals surface area contributed by atoms with E-state index in [2.05, 4.69) is 36.2 Å². The van der Waals surface area contributed by atoms with E-state index >= 15 is 0 Å². The quantitative estimate of drug-likeness (QED) is 0.925. The molecule has 0 aliphatic carbocycles. The number of amides is 2. The van der Waals surface area contributed by atoms with Crippen LogP contribution >= 0.6 is 11.3 Å². The molecule has 4 nitrogen and oxygen atoms in total. The molecule has 122 valence electrons. The van der Waals surface area contributed by atoms with Gasteiger partial charge in [0.25, 0.3) is 0 Å². The molecule has 2 unspecified atom stereocenters. The third kappa shape index (κ3) is 3.82. The standard InChI is InChI=1S/C17H27N3OS/c1-13(11-16-6-5-14(2)22-16)18-17(21)20-10-7-15(12-20)19-8-3-4-9-19/h5-6,13,15H,3-4,7-12H2,1-2H3,(H,18,21). The summed E-state index contributed by atoms with van der Waals surface area (Å²) >= 11 is 1.82. The van der Waals surface area contributed by atoms with Crippen LogP contribution in [0.4, 0.5) is 4.79 Å². The highest BCUT2D eigenvalue weighted by molar-refractivity contribution is 7.11. The minimum absolute atomic E-state index is 0.113. The molecule has 3 rings (SSSR count). The lowest BCUT2D eigenvalue weighted by Crippen LogP contribution is -2.45. The van der Waals surface area contributed by atoms with Gasteiger partial charge in [0.05, 0.1) is 0 Å². The van der Waals surface area contributed by atoms with Crippen LogP contribution in [0.25, 0.3) is 0 Å². The molecule has 22 heavy (non-hydrogen) atoms. The Morgan fingerprint density at radius 1 is 1.36 bits per heavy atom. The number of urea groups is 1. The number of hydrogen-bond donors (Lipinski definition) is 1. The number of nitrogens with zero attached hydrogens (tertiary/aromatic N) is 2. The largest absolute Gasteiger partial charge is 0.335 e. The summed E-state index contributed by atoms with van der Waals surface area (Å²) in [6.07, 6.45) is 4.69. The van der Waals surface area contributed by atoms with Gasteiger partial charge in [0.2, 0.25) is 0 Å². The molecule has 2 fully saturated rings. The van der Waals surface area contributed by atoms with Crippen LogP contribution in [0.15, 0.2) is 12.1 Å². The summed E-state index contributed by atoms with van der Waals surface area (Å²) in [6, 6.07) is 5.21. The molecule has 0 radical (unpaired) electrons. The Kier molecular flexibility index (Phi) is 5.03. The fourth-order valence-corrected chi connectivity index (χ4v) is 4.60. The maximum atomic E-state index is 12.4. The van der Waals surface area contributed by atoms with Gasteiger partial charge in [-0.15, -0.1) is 11.3 Å². The Morgan fingerprint density at radius 3 is 2.82 bits per heavy atom. The zero-order chi connectivity index (χ0) is 15.5. The summed E-state index contributed by atoms with van der Waals surface area (Å²) < 4.78 is 0. The van der Waals surface area contributed by atoms with Crippen molar-refractivity contribution in [2.75, 3.05) is 26.2 Å². The monoisotopic (exact) mass is 321 g/mol. The van der Waals surface area contributed by atoms with E-state index in [0.29, 0.717) is 6.04 Å². The maximum absolute atomic E-state index is 12.4. The van der Waals surface area contributed by atoms with E-state index < -0.39 is 0 Å². The molecule has 5 heteroatoms. The van der Waals surface area contributed by atoms with Crippen molar-refractivity contribution in [3.8, 4) is 0 Å². The van der Waals surface area contributed by atoms with Crippen molar-refractivity contribution in [2.45, 2.75) is 51.6 Å². The summed E-state index contributed by atoms with van der Waals surface area (Å²) in [5, 5.41) is 3.17. The first-order chi connectivity index (χ1) is 10.6. The van der Waals surface area contributed by atoms with Gasteiger partial charge in [-0.25, -0.2) is 4.79 Å². The van der Waals surface area contributed by atoms with Crippen LogP contribution in [0.3, 0.4) is 0 Å². The fourth-order valence-electron chi connectivity index (χ4n) is 3.58. The number of rotatable bonds is 4. The average Bonchev–Trinajstić information content (AvgIpc) is 3.18. The normalized spacial score (nSPS) is 23.9. The fraction of sp³-hybridized carbons (Fsp3) is 0.706. The predicted octanol–water partition coefficient (Wildman–Crippen LogP) is 2.87. The molecule has 2 amide bonds. The number of thiophene rings is 1. The Labute approximate surface area is 137 Å². The lowest BCUT2D eigenvalue weighted by Gasteiger charge is -2.24. The molecule has 0 bridgehead atoms. The third-order valence-corrected chi connectivity index (χ3v) is 5.80. The van der Waals surface area contributed by atoms with Gasteiger partial charge in [-0.1, -0.05) is 0 Å². The molecule has 1 aromatic heterocycles. The molecule has 0 spiro atoms. The van der Waals surface area contributed by atoms with Crippen molar-refractivity contribution in [3.05, 3.63) is 21.9 Å². The first-order valence-corrected chi connectivity index (χ1v) is 9.28. The van der Waals surface area contributed by atoms with Crippen molar-refractivity contribution in [3.63, 3.8) is 0 Å². The number of nitrogens with one attached hydrogen (secondary N) is 1. The molecule has 0 aromatic carbocycles. The minimum Gasteiger partial charge on any atom is -0.335 e. The predicted molar refractivity (Wildman–Crippen MR) is 91.5 cm³/mol. The second-order valence-electron chi connectivity index (χ2n) is 6.70. The SMILES string of the molecule is Cc1ccc(CC(C)NC(=O)N2CCC(N3CCCC3)C2)s1. The third-order valence-electron chi connectivity index (χ3n) is 4.78. The highest BCUT2D eigenvalue weighted by Gasteiger charge is 2.31. The van der Waals surface area contributed by atoms with Crippen LogP contribution in [0, 0.1) is 6.92 Å². The van der Waals surface area contributed by atoms with E-state index in [0.717, 1.165) is 25.9 Å². The second-order valence-corrected chi connectivity index (χ2v) is 8.07. The van der Waals surface area contributed by atoms with Crippen molar-refractivity contribution >= 4 is 17.4 Å². The van der Waals surface area contributed by atoms with E-state index in [9.17, 15) is 4.79 Å². The Balaban J connectivity index is 1.45. The van der Waals surface area contributed by atoms with E-state index in [1.807, 2.05) is 16.2 Å². The van der Waals surface area contributed by atoms with Crippen molar-refractivity contribution in [2.24, 2.45) is 0 Å². The Bertz CT molecular complexity index is 510. The van der Waals surface area contributed by atoms with Crippen LogP contribution in [0.2, 0.25) is 0 Å². The number of carbonyl (C=O) groups is 1. The first kappa shape index (κ1) is 15.8. The van der Waals surface area contributed by atoms with Crippen LogP contribution in [-0.2, 0) is 6.42 Å². The summed E-state index contributed by atoms with van der Waals surface area (Å²) in [5.41, 5.74) is 0. The van der Waals surface area contributed by atoms with Crippen LogP contribution in [0.5, 0.6) is 0 Å².